The van der Waals surface area contributed by atoms with Gasteiger partial charge in [0.25, 0.3) is 0 Å². The Bertz CT molecular complexity index is 514. The lowest BCUT2D eigenvalue weighted by atomic mass is 10.2. The summed E-state index contributed by atoms with van der Waals surface area (Å²) in [5.41, 5.74) is 3.88. The molecule has 0 unspecified atom stereocenters. The zero-order valence-electron chi connectivity index (χ0n) is 10.4. The highest BCUT2D eigenvalue weighted by atomic mass is 32.1. The molecule has 0 amide bonds. The zero-order valence-corrected chi connectivity index (χ0v) is 11.2. The molecule has 1 aromatic carbocycles. The SMILES string of the molecule is Cc1ncsc1CNCc1ccc(OC(F)F)cc1. The van der Waals surface area contributed by atoms with Crippen molar-refractivity contribution in [2.24, 2.45) is 0 Å². The van der Waals surface area contributed by atoms with E-state index in [4.69, 9.17) is 0 Å². The minimum atomic E-state index is -2.78. The van der Waals surface area contributed by atoms with Crippen LogP contribution in [0, 0.1) is 6.92 Å². The van der Waals surface area contributed by atoms with Gasteiger partial charge in [0.2, 0.25) is 0 Å². The Labute approximate surface area is 114 Å². The summed E-state index contributed by atoms with van der Waals surface area (Å²) in [6.45, 7) is 0.625. The molecule has 1 N–H and O–H groups in total. The predicted octanol–water partition coefficient (Wildman–Crippen LogP) is 3.34. The highest BCUT2D eigenvalue weighted by molar-refractivity contribution is 7.09. The Morgan fingerprint density at radius 2 is 2.00 bits per heavy atom. The molecule has 2 rings (SSSR count). The van der Waals surface area contributed by atoms with Crippen LogP contribution in [0.5, 0.6) is 5.75 Å². The normalized spacial score (nSPS) is 10.9. The monoisotopic (exact) mass is 284 g/mol. The third-order valence-electron chi connectivity index (χ3n) is 2.61. The van der Waals surface area contributed by atoms with Gasteiger partial charge >= 0.3 is 6.61 Å². The smallest absolute Gasteiger partial charge is 0.387 e. The van der Waals surface area contributed by atoms with Crippen molar-refractivity contribution in [1.82, 2.24) is 10.3 Å². The number of hydrogen-bond donors (Lipinski definition) is 1. The zero-order chi connectivity index (χ0) is 13.7. The molecule has 0 radical (unpaired) electrons. The van der Waals surface area contributed by atoms with E-state index in [1.54, 1.807) is 35.6 Å². The number of thiazole rings is 1. The molecule has 19 heavy (non-hydrogen) atoms. The molecule has 6 heteroatoms. The molecule has 0 bridgehead atoms. The molecule has 0 saturated heterocycles. The van der Waals surface area contributed by atoms with Crippen molar-refractivity contribution >= 4 is 11.3 Å². The second-order valence-corrected chi connectivity index (χ2v) is 4.93. The van der Waals surface area contributed by atoms with Crippen LogP contribution < -0.4 is 10.1 Å². The average Bonchev–Trinajstić information content (AvgIpc) is 2.77. The summed E-state index contributed by atoms with van der Waals surface area (Å²) in [4.78, 5) is 5.38. The number of ether oxygens (including phenoxy) is 1. The van der Waals surface area contributed by atoms with Crippen LogP contribution in [-0.4, -0.2) is 11.6 Å². The van der Waals surface area contributed by atoms with Crippen LogP contribution in [0.25, 0.3) is 0 Å². The molecule has 1 aromatic heterocycles. The molecule has 3 nitrogen and oxygen atoms in total. The molecule has 2 aromatic rings. The summed E-state index contributed by atoms with van der Waals surface area (Å²) in [7, 11) is 0. The fourth-order valence-corrected chi connectivity index (χ4v) is 2.35. The molecule has 1 heterocycles. The predicted molar refractivity (Wildman–Crippen MR) is 70.5 cm³/mol. The number of halogens is 2. The van der Waals surface area contributed by atoms with Gasteiger partial charge in [0.05, 0.1) is 11.2 Å². The van der Waals surface area contributed by atoms with Gasteiger partial charge in [-0.05, 0) is 24.6 Å². The first-order valence-corrected chi connectivity index (χ1v) is 6.66. The number of nitrogens with one attached hydrogen (secondary N) is 1. The van der Waals surface area contributed by atoms with Crippen molar-refractivity contribution in [2.45, 2.75) is 26.6 Å². The van der Waals surface area contributed by atoms with E-state index in [-0.39, 0.29) is 5.75 Å². The van der Waals surface area contributed by atoms with E-state index in [1.807, 2.05) is 12.4 Å². The van der Waals surface area contributed by atoms with Crippen LogP contribution in [0.1, 0.15) is 16.1 Å². The number of aryl methyl sites for hydroxylation is 1. The number of aromatic nitrogens is 1. The molecule has 0 spiro atoms. The van der Waals surface area contributed by atoms with Gasteiger partial charge in [-0.25, -0.2) is 4.98 Å². The van der Waals surface area contributed by atoms with Gasteiger partial charge in [-0.1, -0.05) is 12.1 Å². The van der Waals surface area contributed by atoms with Crippen molar-refractivity contribution in [3.05, 3.63) is 45.9 Å². The van der Waals surface area contributed by atoms with E-state index in [0.717, 1.165) is 17.8 Å². The summed E-state index contributed by atoms with van der Waals surface area (Å²) >= 11 is 1.62. The molecular weight excluding hydrogens is 270 g/mol. The Balaban J connectivity index is 1.81. The molecule has 0 saturated carbocycles. The van der Waals surface area contributed by atoms with Crippen molar-refractivity contribution in [2.75, 3.05) is 0 Å². The second-order valence-electron chi connectivity index (χ2n) is 3.99. The average molecular weight is 284 g/mol. The molecular formula is C13H14F2N2OS. The largest absolute Gasteiger partial charge is 0.435 e. The highest BCUT2D eigenvalue weighted by Gasteiger charge is 2.04. The Hall–Kier alpha value is -1.53. The first-order chi connectivity index (χ1) is 9.15. The third kappa shape index (κ3) is 4.25. The molecule has 102 valence electrons. The highest BCUT2D eigenvalue weighted by Crippen LogP contribution is 2.15. The third-order valence-corrected chi connectivity index (χ3v) is 3.54. The van der Waals surface area contributed by atoms with E-state index in [9.17, 15) is 8.78 Å². The van der Waals surface area contributed by atoms with Gasteiger partial charge in [-0.15, -0.1) is 11.3 Å². The fourth-order valence-electron chi connectivity index (χ4n) is 1.60. The molecule has 0 aliphatic rings. The van der Waals surface area contributed by atoms with Crippen molar-refractivity contribution < 1.29 is 13.5 Å². The maximum atomic E-state index is 12.0. The van der Waals surface area contributed by atoms with Gasteiger partial charge in [-0.3, -0.25) is 0 Å². The summed E-state index contributed by atoms with van der Waals surface area (Å²) in [6.07, 6.45) is 0. The molecule has 0 atom stereocenters. The van der Waals surface area contributed by atoms with Gasteiger partial charge in [-0.2, -0.15) is 8.78 Å². The van der Waals surface area contributed by atoms with Crippen molar-refractivity contribution in [3.63, 3.8) is 0 Å². The molecule has 0 fully saturated rings. The minimum absolute atomic E-state index is 0.178. The molecule has 0 aliphatic heterocycles. The number of benzene rings is 1. The first-order valence-electron chi connectivity index (χ1n) is 5.78. The quantitative estimate of drug-likeness (QED) is 0.883. The minimum Gasteiger partial charge on any atom is -0.435 e. The maximum absolute atomic E-state index is 12.0. The van der Waals surface area contributed by atoms with Crippen LogP contribution in [0.4, 0.5) is 8.78 Å². The van der Waals surface area contributed by atoms with E-state index >= 15 is 0 Å². The van der Waals surface area contributed by atoms with E-state index < -0.39 is 6.61 Å². The summed E-state index contributed by atoms with van der Waals surface area (Å²) in [6, 6.07) is 6.62. The van der Waals surface area contributed by atoms with E-state index in [1.165, 1.54) is 4.88 Å². The van der Waals surface area contributed by atoms with Crippen LogP contribution in [0.15, 0.2) is 29.8 Å². The van der Waals surface area contributed by atoms with Crippen LogP contribution in [-0.2, 0) is 13.1 Å². The Morgan fingerprint density at radius 1 is 1.26 bits per heavy atom. The summed E-state index contributed by atoms with van der Waals surface area (Å²) < 4.78 is 28.2. The van der Waals surface area contributed by atoms with Crippen LogP contribution in [0.3, 0.4) is 0 Å². The maximum Gasteiger partial charge on any atom is 0.387 e. The topological polar surface area (TPSA) is 34.2 Å². The lowest BCUT2D eigenvalue weighted by Crippen LogP contribution is -2.12. The Kier molecular flexibility index (Phi) is 4.81. The van der Waals surface area contributed by atoms with Gasteiger partial charge < -0.3 is 10.1 Å². The fraction of sp³-hybridized carbons (Fsp3) is 0.308. The van der Waals surface area contributed by atoms with Gasteiger partial charge in [0.15, 0.2) is 0 Å². The summed E-state index contributed by atoms with van der Waals surface area (Å²) in [5.74, 6) is 0.178. The molecule has 0 aliphatic carbocycles. The standard InChI is InChI=1S/C13H14F2N2OS/c1-9-12(19-8-17-9)7-16-6-10-2-4-11(5-3-10)18-13(14)15/h2-5,8,13,16H,6-7H2,1H3. The van der Waals surface area contributed by atoms with Crippen LogP contribution in [0.2, 0.25) is 0 Å². The van der Waals surface area contributed by atoms with Gasteiger partial charge in [0, 0.05) is 18.0 Å². The van der Waals surface area contributed by atoms with Gasteiger partial charge in [0.1, 0.15) is 5.75 Å². The second kappa shape index (κ2) is 6.58. The van der Waals surface area contributed by atoms with Crippen LogP contribution >= 0.6 is 11.3 Å². The summed E-state index contributed by atoms with van der Waals surface area (Å²) in [5, 5.41) is 3.29. The number of rotatable bonds is 6. The number of nitrogens with zero attached hydrogens (tertiary/aromatic N) is 1. The Morgan fingerprint density at radius 3 is 2.58 bits per heavy atom. The van der Waals surface area contributed by atoms with Crippen molar-refractivity contribution in [1.29, 1.82) is 0 Å². The number of alkyl halides is 2. The van der Waals surface area contributed by atoms with E-state index in [2.05, 4.69) is 15.0 Å². The lowest BCUT2D eigenvalue weighted by Gasteiger charge is -2.07. The first kappa shape index (κ1) is 13.9. The van der Waals surface area contributed by atoms with E-state index in [0.29, 0.717) is 6.54 Å². The van der Waals surface area contributed by atoms with Crippen molar-refractivity contribution in [3.8, 4) is 5.75 Å². The number of hydrogen-bond acceptors (Lipinski definition) is 4. The lowest BCUT2D eigenvalue weighted by molar-refractivity contribution is -0.0498.